The Morgan fingerprint density at radius 2 is 2.16 bits per heavy atom. The predicted molar refractivity (Wildman–Crippen MR) is 91.2 cm³/mol. The van der Waals surface area contributed by atoms with Crippen LogP contribution in [-0.4, -0.2) is 52.6 Å². The highest BCUT2D eigenvalue weighted by Crippen LogP contribution is 2.31. The summed E-state index contributed by atoms with van der Waals surface area (Å²) in [6, 6.07) is 9.45. The molecular formula is C18H20N4O3. The summed E-state index contributed by atoms with van der Waals surface area (Å²) in [5.74, 6) is 0.582. The normalized spacial score (nSPS) is 20.0. The number of ether oxygens (including phenoxy) is 1. The third kappa shape index (κ3) is 3.09. The summed E-state index contributed by atoms with van der Waals surface area (Å²) in [4.78, 5) is 26.3. The molecule has 2 aliphatic rings. The number of benzene rings is 1. The minimum atomic E-state index is -0.246. The molecule has 0 radical (unpaired) electrons. The van der Waals surface area contributed by atoms with E-state index in [2.05, 4.69) is 15.5 Å². The number of para-hydroxylation sites is 1. The Labute approximate surface area is 145 Å². The van der Waals surface area contributed by atoms with Gasteiger partial charge in [-0.3, -0.25) is 14.7 Å². The fraction of sp³-hybridized carbons (Fsp3) is 0.389. The van der Waals surface area contributed by atoms with Crippen molar-refractivity contribution in [3.63, 3.8) is 0 Å². The number of hydrogen-bond acceptors (Lipinski definition) is 4. The Kier molecular flexibility index (Phi) is 3.91. The van der Waals surface area contributed by atoms with Gasteiger partial charge >= 0.3 is 0 Å². The van der Waals surface area contributed by atoms with Crippen LogP contribution in [0.3, 0.4) is 0 Å². The molecule has 0 unspecified atom stereocenters. The van der Waals surface area contributed by atoms with Gasteiger partial charge in [0.05, 0.1) is 18.8 Å². The highest BCUT2D eigenvalue weighted by atomic mass is 16.5. The van der Waals surface area contributed by atoms with Crippen molar-refractivity contribution in [2.24, 2.45) is 0 Å². The number of rotatable bonds is 5. The lowest BCUT2D eigenvalue weighted by atomic mass is 10.1. The van der Waals surface area contributed by atoms with Gasteiger partial charge in [0.2, 0.25) is 5.91 Å². The van der Waals surface area contributed by atoms with Gasteiger partial charge in [-0.25, -0.2) is 0 Å². The standard InChI is InChI=1S/C18H20N4O3/c1-25-16-5-3-2-4-13(16)14-9-15(21-20-14)18(24)19-11-8-17(23)22(10-11)12-6-7-12/h2-5,9,11-12H,6-8,10H2,1H3,(H,19,24)(H,20,21)/t11-/m0/s1. The zero-order valence-corrected chi connectivity index (χ0v) is 14.0. The first-order chi connectivity index (χ1) is 12.2. The minimum Gasteiger partial charge on any atom is -0.496 e. The van der Waals surface area contributed by atoms with Gasteiger partial charge in [0.25, 0.3) is 5.91 Å². The lowest BCUT2D eigenvalue weighted by Gasteiger charge is -2.15. The maximum absolute atomic E-state index is 12.5. The van der Waals surface area contributed by atoms with Crippen molar-refractivity contribution in [2.75, 3.05) is 13.7 Å². The second kappa shape index (κ2) is 6.23. The number of aromatic nitrogens is 2. The van der Waals surface area contributed by atoms with E-state index in [0.29, 0.717) is 36.1 Å². The monoisotopic (exact) mass is 340 g/mol. The van der Waals surface area contributed by atoms with Gasteiger partial charge in [0.1, 0.15) is 11.4 Å². The summed E-state index contributed by atoms with van der Waals surface area (Å²) in [5.41, 5.74) is 1.83. The number of methoxy groups -OCH3 is 1. The van der Waals surface area contributed by atoms with E-state index in [9.17, 15) is 9.59 Å². The summed E-state index contributed by atoms with van der Waals surface area (Å²) in [5, 5.41) is 9.91. The van der Waals surface area contributed by atoms with Gasteiger partial charge in [0.15, 0.2) is 0 Å². The van der Waals surface area contributed by atoms with Crippen LogP contribution in [0.15, 0.2) is 30.3 Å². The van der Waals surface area contributed by atoms with Crippen LogP contribution < -0.4 is 10.1 Å². The smallest absolute Gasteiger partial charge is 0.269 e. The Morgan fingerprint density at radius 3 is 2.92 bits per heavy atom. The van der Waals surface area contributed by atoms with E-state index in [1.165, 1.54) is 0 Å². The average molecular weight is 340 g/mol. The van der Waals surface area contributed by atoms with Crippen LogP contribution in [-0.2, 0) is 4.79 Å². The van der Waals surface area contributed by atoms with Crippen LogP contribution in [0.4, 0.5) is 0 Å². The van der Waals surface area contributed by atoms with Gasteiger partial charge in [-0.05, 0) is 31.0 Å². The Bertz CT molecular complexity index is 812. The van der Waals surface area contributed by atoms with Crippen molar-refractivity contribution in [1.82, 2.24) is 20.4 Å². The molecule has 1 aromatic carbocycles. The molecule has 4 rings (SSSR count). The lowest BCUT2D eigenvalue weighted by molar-refractivity contribution is -0.128. The van der Waals surface area contributed by atoms with Crippen LogP contribution in [0.25, 0.3) is 11.3 Å². The van der Waals surface area contributed by atoms with Crippen molar-refractivity contribution in [2.45, 2.75) is 31.3 Å². The number of H-pyrrole nitrogens is 1. The van der Waals surface area contributed by atoms with Crippen LogP contribution in [0.5, 0.6) is 5.75 Å². The van der Waals surface area contributed by atoms with E-state index in [0.717, 1.165) is 18.4 Å². The molecule has 2 fully saturated rings. The molecule has 130 valence electrons. The van der Waals surface area contributed by atoms with Crippen molar-refractivity contribution < 1.29 is 14.3 Å². The topological polar surface area (TPSA) is 87.3 Å². The molecular weight excluding hydrogens is 320 g/mol. The predicted octanol–water partition coefficient (Wildman–Crippen LogP) is 1.58. The third-order valence-electron chi connectivity index (χ3n) is 4.69. The maximum Gasteiger partial charge on any atom is 0.269 e. The first-order valence-electron chi connectivity index (χ1n) is 8.45. The second-order valence-corrected chi connectivity index (χ2v) is 6.52. The molecule has 25 heavy (non-hydrogen) atoms. The van der Waals surface area contributed by atoms with Crippen molar-refractivity contribution in [3.05, 3.63) is 36.0 Å². The molecule has 0 bridgehead atoms. The van der Waals surface area contributed by atoms with Gasteiger partial charge in [-0.2, -0.15) is 5.10 Å². The summed E-state index contributed by atoms with van der Waals surface area (Å²) in [7, 11) is 1.60. The molecule has 1 aliphatic carbocycles. The molecule has 1 saturated carbocycles. The van der Waals surface area contributed by atoms with Crippen LogP contribution in [0.2, 0.25) is 0 Å². The Balaban J connectivity index is 1.45. The van der Waals surface area contributed by atoms with Gasteiger partial charge < -0.3 is 15.0 Å². The summed E-state index contributed by atoms with van der Waals surface area (Å²) in [6.45, 7) is 0.600. The zero-order valence-electron chi connectivity index (χ0n) is 14.0. The number of carbonyl (C=O) groups excluding carboxylic acids is 2. The number of hydrogen-bond donors (Lipinski definition) is 2. The van der Waals surface area contributed by atoms with E-state index in [-0.39, 0.29) is 17.9 Å². The SMILES string of the molecule is COc1ccccc1-c1cc(C(=O)N[C@H]2CC(=O)N(C3CC3)C2)[nH]n1. The largest absolute Gasteiger partial charge is 0.496 e. The average Bonchev–Trinajstić information content (AvgIpc) is 3.22. The zero-order chi connectivity index (χ0) is 17.4. The maximum atomic E-state index is 12.5. The summed E-state index contributed by atoms with van der Waals surface area (Å²) < 4.78 is 5.33. The van der Waals surface area contributed by atoms with Gasteiger partial charge in [-0.15, -0.1) is 0 Å². The van der Waals surface area contributed by atoms with Crippen molar-refractivity contribution in [1.29, 1.82) is 0 Å². The van der Waals surface area contributed by atoms with E-state index in [1.807, 2.05) is 29.2 Å². The van der Waals surface area contributed by atoms with E-state index in [4.69, 9.17) is 4.74 Å². The van der Waals surface area contributed by atoms with Crippen LogP contribution >= 0.6 is 0 Å². The quantitative estimate of drug-likeness (QED) is 0.865. The first kappa shape index (κ1) is 15.7. The van der Waals surface area contributed by atoms with Gasteiger partial charge in [0, 0.05) is 24.6 Å². The molecule has 1 atom stereocenters. The number of amides is 2. The summed E-state index contributed by atoms with van der Waals surface area (Å²) in [6.07, 6.45) is 2.53. The third-order valence-corrected chi connectivity index (χ3v) is 4.69. The second-order valence-electron chi connectivity index (χ2n) is 6.52. The fourth-order valence-corrected chi connectivity index (χ4v) is 3.26. The number of carbonyl (C=O) groups is 2. The molecule has 2 aromatic rings. The molecule has 2 amide bonds. The summed E-state index contributed by atoms with van der Waals surface area (Å²) >= 11 is 0. The van der Waals surface area contributed by atoms with Gasteiger partial charge in [-0.1, -0.05) is 12.1 Å². The van der Waals surface area contributed by atoms with Crippen molar-refractivity contribution >= 4 is 11.8 Å². The molecule has 0 spiro atoms. The number of likely N-dealkylation sites (tertiary alicyclic amines) is 1. The highest BCUT2D eigenvalue weighted by molar-refractivity contribution is 5.94. The lowest BCUT2D eigenvalue weighted by Crippen LogP contribution is -2.37. The van der Waals surface area contributed by atoms with Crippen LogP contribution in [0.1, 0.15) is 29.8 Å². The molecule has 2 heterocycles. The Morgan fingerprint density at radius 1 is 1.36 bits per heavy atom. The molecule has 7 heteroatoms. The minimum absolute atomic E-state index is 0.132. The fourth-order valence-electron chi connectivity index (χ4n) is 3.26. The number of aromatic amines is 1. The molecule has 1 aliphatic heterocycles. The molecule has 2 N–H and O–H groups in total. The van der Waals surface area contributed by atoms with E-state index in [1.54, 1.807) is 13.2 Å². The molecule has 1 saturated heterocycles. The first-order valence-corrected chi connectivity index (χ1v) is 8.45. The van der Waals surface area contributed by atoms with E-state index >= 15 is 0 Å². The number of nitrogens with zero attached hydrogens (tertiary/aromatic N) is 2. The van der Waals surface area contributed by atoms with Crippen LogP contribution in [0, 0.1) is 0 Å². The number of nitrogens with one attached hydrogen (secondary N) is 2. The van der Waals surface area contributed by atoms with E-state index < -0.39 is 0 Å². The van der Waals surface area contributed by atoms with Crippen molar-refractivity contribution in [3.8, 4) is 17.0 Å². The highest BCUT2D eigenvalue weighted by Gasteiger charge is 2.39. The Hall–Kier alpha value is -2.83. The molecule has 7 nitrogen and oxygen atoms in total. The molecule has 1 aromatic heterocycles.